The zero-order valence-corrected chi connectivity index (χ0v) is 11.9. The fraction of sp³-hybridized carbons (Fsp3) is 0.0625. The number of rotatable bonds is 4. The second kappa shape index (κ2) is 5.69. The quantitative estimate of drug-likeness (QED) is 0.798. The molecule has 2 N–H and O–H groups in total. The van der Waals surface area contributed by atoms with Crippen molar-refractivity contribution in [3.63, 3.8) is 0 Å². The highest BCUT2D eigenvalue weighted by Gasteiger charge is 2.13. The van der Waals surface area contributed by atoms with E-state index in [0.717, 1.165) is 17.1 Å². The van der Waals surface area contributed by atoms with Crippen molar-refractivity contribution in [2.75, 3.05) is 7.11 Å². The lowest BCUT2D eigenvalue weighted by molar-refractivity contribution is 0.0997. The molecule has 0 radical (unpaired) electrons. The molecule has 0 aliphatic rings. The number of carbonyl (C=O) groups excluding carboxylic acids is 1. The number of nitrogens with two attached hydrogens (primary N) is 1. The lowest BCUT2D eigenvalue weighted by atomic mass is 10.1. The van der Waals surface area contributed by atoms with Crippen LogP contribution in [-0.4, -0.2) is 27.6 Å². The molecule has 0 aliphatic carbocycles. The van der Waals surface area contributed by atoms with E-state index in [1.165, 1.54) is 7.11 Å². The summed E-state index contributed by atoms with van der Waals surface area (Å²) in [4.78, 5) is 19.9. The predicted octanol–water partition coefficient (Wildman–Crippen LogP) is 2.04. The Morgan fingerprint density at radius 2 is 1.95 bits per heavy atom. The van der Waals surface area contributed by atoms with Crippen LogP contribution in [0.25, 0.3) is 17.1 Å². The minimum absolute atomic E-state index is 0.328. The molecule has 2 heterocycles. The predicted molar refractivity (Wildman–Crippen MR) is 81.9 cm³/mol. The second-order valence-corrected chi connectivity index (χ2v) is 4.61. The summed E-state index contributed by atoms with van der Waals surface area (Å²) in [5.74, 6) is 0.661. The van der Waals surface area contributed by atoms with E-state index < -0.39 is 5.91 Å². The van der Waals surface area contributed by atoms with Gasteiger partial charge in [-0.3, -0.25) is 14.3 Å². The van der Waals surface area contributed by atoms with E-state index >= 15 is 0 Å². The molecule has 1 aromatic carbocycles. The molecular weight excluding hydrogens is 280 g/mol. The van der Waals surface area contributed by atoms with Crippen LogP contribution in [0.5, 0.6) is 5.75 Å². The third-order valence-electron chi connectivity index (χ3n) is 3.31. The summed E-state index contributed by atoms with van der Waals surface area (Å²) in [7, 11) is 1.50. The van der Waals surface area contributed by atoms with Gasteiger partial charge in [-0.25, -0.2) is 4.98 Å². The summed E-state index contributed by atoms with van der Waals surface area (Å²) >= 11 is 0. The number of methoxy groups -OCH3 is 1. The first-order valence-corrected chi connectivity index (χ1v) is 6.62. The number of pyridine rings is 1. The van der Waals surface area contributed by atoms with Crippen LogP contribution in [0.3, 0.4) is 0 Å². The van der Waals surface area contributed by atoms with E-state index in [1.54, 1.807) is 30.7 Å². The van der Waals surface area contributed by atoms with Gasteiger partial charge in [0.05, 0.1) is 12.7 Å². The standard InChI is InChI=1S/C16H14N4O2/c1-22-14-3-2-12(10-13(14)15(17)21)20-9-8-19-16(20)11-4-6-18-7-5-11/h2-10H,1H3,(H2,17,21). The Kier molecular flexibility index (Phi) is 3.57. The van der Waals surface area contributed by atoms with Crippen molar-refractivity contribution in [2.24, 2.45) is 5.73 Å². The van der Waals surface area contributed by atoms with E-state index in [9.17, 15) is 4.79 Å². The van der Waals surface area contributed by atoms with Crippen LogP contribution in [0.4, 0.5) is 0 Å². The van der Waals surface area contributed by atoms with Crippen molar-refractivity contribution in [3.05, 3.63) is 60.7 Å². The maximum atomic E-state index is 11.6. The Bertz CT molecular complexity index is 812. The molecule has 6 heteroatoms. The molecule has 3 rings (SSSR count). The van der Waals surface area contributed by atoms with Gasteiger partial charge in [0, 0.05) is 36.0 Å². The molecule has 0 saturated carbocycles. The highest BCUT2D eigenvalue weighted by Crippen LogP contribution is 2.25. The summed E-state index contributed by atoms with van der Waals surface area (Å²) in [6, 6.07) is 8.99. The highest BCUT2D eigenvalue weighted by molar-refractivity contribution is 5.96. The molecule has 2 aromatic heterocycles. The van der Waals surface area contributed by atoms with E-state index in [1.807, 2.05) is 29.0 Å². The first-order valence-electron chi connectivity index (χ1n) is 6.62. The molecule has 0 fully saturated rings. The lowest BCUT2D eigenvalue weighted by Gasteiger charge is -2.11. The number of imidazole rings is 1. The normalized spacial score (nSPS) is 10.4. The molecule has 0 unspecified atom stereocenters. The van der Waals surface area contributed by atoms with E-state index in [-0.39, 0.29) is 0 Å². The van der Waals surface area contributed by atoms with Gasteiger partial charge < -0.3 is 10.5 Å². The van der Waals surface area contributed by atoms with Crippen LogP contribution < -0.4 is 10.5 Å². The smallest absolute Gasteiger partial charge is 0.252 e. The number of carbonyl (C=O) groups is 1. The molecule has 0 aliphatic heterocycles. The molecule has 0 atom stereocenters. The second-order valence-electron chi connectivity index (χ2n) is 4.61. The van der Waals surface area contributed by atoms with Gasteiger partial charge in [0.1, 0.15) is 11.6 Å². The summed E-state index contributed by atoms with van der Waals surface area (Å²) in [5.41, 5.74) is 7.44. The third-order valence-corrected chi connectivity index (χ3v) is 3.31. The maximum Gasteiger partial charge on any atom is 0.252 e. The van der Waals surface area contributed by atoms with Crippen molar-refractivity contribution in [1.29, 1.82) is 0 Å². The van der Waals surface area contributed by atoms with Gasteiger partial charge in [-0.15, -0.1) is 0 Å². The average molecular weight is 294 g/mol. The SMILES string of the molecule is COc1ccc(-n2ccnc2-c2ccncc2)cc1C(N)=O. The van der Waals surface area contributed by atoms with Crippen LogP contribution in [-0.2, 0) is 0 Å². The fourth-order valence-corrected chi connectivity index (χ4v) is 2.26. The fourth-order valence-electron chi connectivity index (χ4n) is 2.26. The highest BCUT2D eigenvalue weighted by atomic mass is 16.5. The van der Waals surface area contributed by atoms with Crippen LogP contribution in [0.1, 0.15) is 10.4 Å². The Hall–Kier alpha value is -3.15. The molecule has 0 saturated heterocycles. The Balaban J connectivity index is 2.12. The van der Waals surface area contributed by atoms with E-state index in [4.69, 9.17) is 10.5 Å². The number of aromatic nitrogens is 3. The number of hydrogen-bond acceptors (Lipinski definition) is 4. The first kappa shape index (κ1) is 13.8. The van der Waals surface area contributed by atoms with Crippen LogP contribution in [0.15, 0.2) is 55.1 Å². The molecule has 3 aromatic rings. The molecule has 110 valence electrons. The van der Waals surface area contributed by atoms with Crippen LogP contribution in [0, 0.1) is 0 Å². The molecule has 22 heavy (non-hydrogen) atoms. The molecule has 0 spiro atoms. The third kappa shape index (κ3) is 2.42. The van der Waals surface area contributed by atoms with Crippen molar-refractivity contribution in [3.8, 4) is 22.8 Å². The Labute approximate surface area is 127 Å². The molecule has 1 amide bonds. The van der Waals surface area contributed by atoms with Gasteiger partial charge in [0.25, 0.3) is 5.91 Å². The van der Waals surface area contributed by atoms with Gasteiger partial charge in [-0.1, -0.05) is 0 Å². The van der Waals surface area contributed by atoms with Crippen LogP contribution >= 0.6 is 0 Å². The van der Waals surface area contributed by atoms with Gasteiger partial charge >= 0.3 is 0 Å². The van der Waals surface area contributed by atoms with E-state index in [0.29, 0.717) is 11.3 Å². The molecule has 0 bridgehead atoms. The summed E-state index contributed by atoms with van der Waals surface area (Å²) in [5, 5.41) is 0. The van der Waals surface area contributed by atoms with Crippen molar-refractivity contribution in [2.45, 2.75) is 0 Å². The number of primary amides is 1. The van der Waals surface area contributed by atoms with Gasteiger partial charge in [0.2, 0.25) is 0 Å². The minimum Gasteiger partial charge on any atom is -0.496 e. The Morgan fingerprint density at radius 1 is 1.18 bits per heavy atom. The summed E-state index contributed by atoms with van der Waals surface area (Å²) < 4.78 is 7.04. The number of nitrogens with zero attached hydrogens (tertiary/aromatic N) is 3. The Morgan fingerprint density at radius 3 is 2.64 bits per heavy atom. The van der Waals surface area contributed by atoms with Crippen molar-refractivity contribution in [1.82, 2.24) is 14.5 Å². The minimum atomic E-state index is -0.538. The molecular formula is C16H14N4O2. The number of amides is 1. The van der Waals surface area contributed by atoms with E-state index in [2.05, 4.69) is 9.97 Å². The monoisotopic (exact) mass is 294 g/mol. The van der Waals surface area contributed by atoms with Crippen LogP contribution in [0.2, 0.25) is 0 Å². The number of benzene rings is 1. The summed E-state index contributed by atoms with van der Waals surface area (Å²) in [6.45, 7) is 0. The van der Waals surface area contributed by atoms with Crippen molar-refractivity contribution >= 4 is 5.91 Å². The lowest BCUT2D eigenvalue weighted by Crippen LogP contribution is -2.13. The topological polar surface area (TPSA) is 83.0 Å². The number of hydrogen-bond donors (Lipinski definition) is 1. The average Bonchev–Trinajstić information content (AvgIpc) is 3.04. The first-order chi connectivity index (χ1) is 10.7. The van der Waals surface area contributed by atoms with Gasteiger partial charge in [0.15, 0.2) is 0 Å². The summed E-state index contributed by atoms with van der Waals surface area (Å²) in [6.07, 6.45) is 6.93. The van der Waals surface area contributed by atoms with Gasteiger partial charge in [-0.2, -0.15) is 0 Å². The zero-order valence-electron chi connectivity index (χ0n) is 11.9. The maximum absolute atomic E-state index is 11.6. The largest absolute Gasteiger partial charge is 0.496 e. The molecule has 6 nitrogen and oxygen atoms in total. The number of ether oxygens (including phenoxy) is 1. The van der Waals surface area contributed by atoms with Crippen molar-refractivity contribution < 1.29 is 9.53 Å². The van der Waals surface area contributed by atoms with Gasteiger partial charge in [-0.05, 0) is 30.3 Å². The zero-order chi connectivity index (χ0) is 15.5.